The minimum atomic E-state index is -1.00. The van der Waals surface area contributed by atoms with Gasteiger partial charge in [-0.05, 0) is 36.8 Å². The predicted molar refractivity (Wildman–Crippen MR) is 70.1 cm³/mol. The van der Waals surface area contributed by atoms with Gasteiger partial charge in [-0.2, -0.15) is 0 Å². The van der Waals surface area contributed by atoms with E-state index in [2.05, 4.69) is 10.3 Å². The van der Waals surface area contributed by atoms with Crippen molar-refractivity contribution in [2.75, 3.05) is 11.1 Å². The largest absolute Gasteiger partial charge is 0.478 e. The number of carbonyl (C=O) groups is 1. The van der Waals surface area contributed by atoms with Crippen LogP contribution in [0.4, 0.5) is 17.1 Å². The van der Waals surface area contributed by atoms with Crippen LogP contribution in [0, 0.1) is 6.92 Å². The Labute approximate surface area is 104 Å². The van der Waals surface area contributed by atoms with Gasteiger partial charge in [0.2, 0.25) is 0 Å². The number of aryl methyl sites for hydroxylation is 1. The maximum Gasteiger partial charge on any atom is 0.337 e. The number of anilines is 3. The van der Waals surface area contributed by atoms with Crippen LogP contribution in [0.5, 0.6) is 0 Å². The quantitative estimate of drug-likeness (QED) is 0.720. The van der Waals surface area contributed by atoms with E-state index in [1.165, 1.54) is 6.07 Å². The van der Waals surface area contributed by atoms with Gasteiger partial charge in [0.1, 0.15) is 0 Å². The Kier molecular flexibility index (Phi) is 3.14. The first kappa shape index (κ1) is 11.9. The molecule has 0 atom stereocenters. The number of hydrogen-bond donors (Lipinski definition) is 3. The highest BCUT2D eigenvalue weighted by atomic mass is 16.4. The van der Waals surface area contributed by atoms with Gasteiger partial charge in [0.05, 0.1) is 23.1 Å². The maximum atomic E-state index is 11.1. The van der Waals surface area contributed by atoms with E-state index in [4.69, 9.17) is 10.8 Å². The van der Waals surface area contributed by atoms with Crippen LogP contribution in [0.2, 0.25) is 0 Å². The van der Waals surface area contributed by atoms with Crippen molar-refractivity contribution in [3.63, 3.8) is 0 Å². The molecule has 5 nitrogen and oxygen atoms in total. The lowest BCUT2D eigenvalue weighted by atomic mass is 10.1. The molecule has 2 rings (SSSR count). The lowest BCUT2D eigenvalue weighted by Gasteiger charge is -2.12. The molecule has 1 aromatic carbocycles. The molecule has 92 valence electrons. The van der Waals surface area contributed by atoms with Gasteiger partial charge >= 0.3 is 5.97 Å². The summed E-state index contributed by atoms with van der Waals surface area (Å²) in [5.41, 5.74) is 8.54. The van der Waals surface area contributed by atoms with Crippen molar-refractivity contribution in [3.05, 3.63) is 47.8 Å². The zero-order chi connectivity index (χ0) is 13.1. The average Bonchev–Trinajstić information content (AvgIpc) is 2.32. The monoisotopic (exact) mass is 243 g/mol. The molecule has 1 heterocycles. The smallest absolute Gasteiger partial charge is 0.337 e. The third kappa shape index (κ3) is 2.40. The Morgan fingerprint density at radius 1 is 1.33 bits per heavy atom. The number of carboxylic acids is 1. The summed E-state index contributed by atoms with van der Waals surface area (Å²) in [5, 5.41) is 12.1. The molecule has 0 amide bonds. The molecule has 0 fully saturated rings. The first-order valence-corrected chi connectivity index (χ1v) is 5.38. The van der Waals surface area contributed by atoms with Crippen LogP contribution < -0.4 is 11.1 Å². The van der Waals surface area contributed by atoms with Crippen molar-refractivity contribution in [1.82, 2.24) is 4.98 Å². The average molecular weight is 243 g/mol. The van der Waals surface area contributed by atoms with Crippen molar-refractivity contribution in [2.45, 2.75) is 6.92 Å². The molecular formula is C13H13N3O2. The number of aromatic carboxylic acids is 1. The van der Waals surface area contributed by atoms with E-state index in [0.717, 1.165) is 11.3 Å². The number of nitrogens with one attached hydrogen (secondary N) is 1. The molecule has 0 radical (unpaired) electrons. The summed E-state index contributed by atoms with van der Waals surface area (Å²) in [4.78, 5) is 15.1. The Bertz CT molecular complexity index is 597. The number of benzene rings is 1. The topological polar surface area (TPSA) is 88.2 Å². The summed E-state index contributed by atoms with van der Waals surface area (Å²) in [6.45, 7) is 1.91. The number of nitrogens with two attached hydrogens (primary N) is 1. The number of carboxylic acid groups (broad SMARTS) is 1. The van der Waals surface area contributed by atoms with Gasteiger partial charge in [0, 0.05) is 11.9 Å². The van der Waals surface area contributed by atoms with Crippen molar-refractivity contribution < 1.29 is 9.90 Å². The van der Waals surface area contributed by atoms with Crippen molar-refractivity contribution >= 4 is 23.0 Å². The van der Waals surface area contributed by atoms with Gasteiger partial charge in [-0.1, -0.05) is 0 Å². The summed E-state index contributed by atoms with van der Waals surface area (Å²) in [6, 6.07) is 6.47. The first-order valence-electron chi connectivity index (χ1n) is 5.38. The first-order chi connectivity index (χ1) is 8.58. The molecule has 18 heavy (non-hydrogen) atoms. The van der Waals surface area contributed by atoms with E-state index >= 15 is 0 Å². The Balaban J connectivity index is 2.42. The number of hydrogen-bond acceptors (Lipinski definition) is 4. The van der Waals surface area contributed by atoms with E-state index in [0.29, 0.717) is 11.4 Å². The van der Waals surface area contributed by atoms with Crippen molar-refractivity contribution in [2.24, 2.45) is 0 Å². The van der Waals surface area contributed by atoms with Crippen LogP contribution in [0.3, 0.4) is 0 Å². The van der Waals surface area contributed by atoms with Crippen LogP contribution in [-0.2, 0) is 0 Å². The molecule has 0 aliphatic rings. The molecule has 0 aliphatic heterocycles. The highest BCUT2D eigenvalue weighted by Gasteiger charge is 2.11. The molecule has 5 heteroatoms. The highest BCUT2D eigenvalue weighted by molar-refractivity contribution is 5.96. The summed E-state index contributed by atoms with van der Waals surface area (Å²) >= 11 is 0. The lowest BCUT2D eigenvalue weighted by molar-refractivity contribution is 0.0698. The Morgan fingerprint density at radius 2 is 2.11 bits per heavy atom. The fourth-order valence-corrected chi connectivity index (χ4v) is 1.59. The van der Waals surface area contributed by atoms with Crippen molar-refractivity contribution in [1.29, 1.82) is 0 Å². The molecule has 2 aromatic rings. The second-order valence-corrected chi connectivity index (χ2v) is 3.93. The van der Waals surface area contributed by atoms with Gasteiger partial charge in [-0.25, -0.2) is 4.79 Å². The van der Waals surface area contributed by atoms with E-state index in [-0.39, 0.29) is 5.56 Å². The summed E-state index contributed by atoms with van der Waals surface area (Å²) in [5.74, 6) is -1.00. The second kappa shape index (κ2) is 4.75. The Morgan fingerprint density at radius 3 is 2.78 bits per heavy atom. The maximum absolute atomic E-state index is 11.1. The molecule has 0 saturated carbocycles. The molecule has 0 aliphatic carbocycles. The van der Waals surface area contributed by atoms with Gasteiger partial charge in [-0.15, -0.1) is 0 Å². The fraction of sp³-hybridized carbons (Fsp3) is 0.0769. The highest BCUT2D eigenvalue weighted by Crippen LogP contribution is 2.24. The van der Waals surface area contributed by atoms with Crippen LogP contribution in [-0.4, -0.2) is 16.1 Å². The summed E-state index contributed by atoms with van der Waals surface area (Å²) in [6.07, 6.45) is 3.32. The van der Waals surface area contributed by atoms with E-state index in [9.17, 15) is 4.79 Å². The molecule has 4 N–H and O–H groups in total. The lowest BCUT2D eigenvalue weighted by Crippen LogP contribution is -2.04. The van der Waals surface area contributed by atoms with Crippen LogP contribution in [0.25, 0.3) is 0 Å². The van der Waals surface area contributed by atoms with E-state index < -0.39 is 5.97 Å². The molecule has 0 bridgehead atoms. The zero-order valence-corrected chi connectivity index (χ0v) is 9.84. The molecule has 0 saturated heterocycles. The number of nitrogen functional groups attached to an aromatic ring is 1. The summed E-state index contributed by atoms with van der Waals surface area (Å²) in [7, 11) is 0. The van der Waals surface area contributed by atoms with Gasteiger partial charge in [-0.3, -0.25) is 4.98 Å². The number of pyridine rings is 1. The minimum absolute atomic E-state index is 0.174. The second-order valence-electron chi connectivity index (χ2n) is 3.93. The van der Waals surface area contributed by atoms with Crippen LogP contribution in [0.15, 0.2) is 36.7 Å². The normalized spacial score (nSPS) is 10.1. The van der Waals surface area contributed by atoms with E-state index in [1.807, 2.05) is 13.0 Å². The third-order valence-corrected chi connectivity index (χ3v) is 2.58. The number of aromatic nitrogens is 1. The van der Waals surface area contributed by atoms with Crippen LogP contribution >= 0.6 is 0 Å². The van der Waals surface area contributed by atoms with Crippen LogP contribution in [0.1, 0.15) is 15.9 Å². The summed E-state index contributed by atoms with van der Waals surface area (Å²) < 4.78 is 0. The number of rotatable bonds is 3. The molecule has 1 aromatic heterocycles. The SMILES string of the molecule is Cc1ccncc1Nc1cc(N)ccc1C(=O)O. The fourth-order valence-electron chi connectivity index (χ4n) is 1.59. The third-order valence-electron chi connectivity index (χ3n) is 2.58. The Hall–Kier alpha value is -2.56. The zero-order valence-electron chi connectivity index (χ0n) is 9.84. The van der Waals surface area contributed by atoms with Gasteiger partial charge in [0.25, 0.3) is 0 Å². The van der Waals surface area contributed by atoms with E-state index in [1.54, 1.807) is 24.5 Å². The van der Waals surface area contributed by atoms with Gasteiger partial charge in [0.15, 0.2) is 0 Å². The molecule has 0 spiro atoms. The molecular weight excluding hydrogens is 230 g/mol. The predicted octanol–water partition coefficient (Wildman–Crippen LogP) is 2.41. The van der Waals surface area contributed by atoms with Crippen molar-refractivity contribution in [3.8, 4) is 0 Å². The molecule has 0 unspecified atom stereocenters. The minimum Gasteiger partial charge on any atom is -0.478 e. The number of nitrogens with zero attached hydrogens (tertiary/aromatic N) is 1. The van der Waals surface area contributed by atoms with Gasteiger partial charge < -0.3 is 16.2 Å². The standard InChI is InChI=1S/C13H13N3O2/c1-8-4-5-15-7-12(8)16-11-6-9(14)2-3-10(11)13(17)18/h2-7,16H,14H2,1H3,(H,17,18).